The number of benzene rings is 2. The van der Waals surface area contributed by atoms with E-state index in [1.54, 1.807) is 18.2 Å². The summed E-state index contributed by atoms with van der Waals surface area (Å²) in [5.41, 5.74) is 2.71. The number of rotatable bonds is 5. The van der Waals surface area contributed by atoms with Crippen molar-refractivity contribution >= 4 is 35.0 Å². The van der Waals surface area contributed by atoms with Gasteiger partial charge in [0.15, 0.2) is 0 Å². The molecule has 0 spiro atoms. The summed E-state index contributed by atoms with van der Waals surface area (Å²) in [6.45, 7) is 3.80. The predicted molar refractivity (Wildman–Crippen MR) is 122 cm³/mol. The van der Waals surface area contributed by atoms with Crippen LogP contribution in [0.3, 0.4) is 0 Å². The zero-order valence-corrected chi connectivity index (χ0v) is 17.9. The summed E-state index contributed by atoms with van der Waals surface area (Å²) < 4.78 is 5.30. The van der Waals surface area contributed by atoms with Crippen molar-refractivity contribution in [3.05, 3.63) is 69.5 Å². The van der Waals surface area contributed by atoms with Crippen LogP contribution in [-0.2, 0) is 9.59 Å². The second-order valence-electron chi connectivity index (χ2n) is 7.61. The largest absolute Gasteiger partial charge is 0.495 e. The highest BCUT2D eigenvalue weighted by atomic mass is 16.5. The number of nitrogens with zero attached hydrogens (tertiary/aromatic N) is 1. The highest BCUT2D eigenvalue weighted by molar-refractivity contribution is 6.04. The van der Waals surface area contributed by atoms with Crippen molar-refractivity contribution < 1.29 is 14.3 Å². The highest BCUT2D eigenvalue weighted by Gasteiger charge is 2.35. The molecule has 4 N–H and O–H groups in total. The van der Waals surface area contributed by atoms with E-state index in [0.29, 0.717) is 17.1 Å². The molecule has 0 bridgehead atoms. The van der Waals surface area contributed by atoms with E-state index in [1.165, 1.54) is 7.11 Å². The number of carbonyl (C=O) groups is 2. The van der Waals surface area contributed by atoms with Crippen LogP contribution in [0.1, 0.15) is 29.0 Å². The number of methoxy groups -OCH3 is 1. The number of anilines is 4. The van der Waals surface area contributed by atoms with Crippen molar-refractivity contribution in [2.75, 3.05) is 23.1 Å². The summed E-state index contributed by atoms with van der Waals surface area (Å²) in [4.78, 5) is 45.3. The molecule has 0 saturated heterocycles. The van der Waals surface area contributed by atoms with Crippen molar-refractivity contribution in [1.82, 2.24) is 9.97 Å². The number of ether oxygens (including phenoxy) is 1. The molecule has 1 aliphatic heterocycles. The van der Waals surface area contributed by atoms with Crippen molar-refractivity contribution in [3.8, 4) is 5.75 Å². The number of amides is 2. The summed E-state index contributed by atoms with van der Waals surface area (Å²) in [6.07, 6.45) is -0.145. The maximum atomic E-state index is 13.0. The van der Waals surface area contributed by atoms with E-state index in [2.05, 4.69) is 25.9 Å². The van der Waals surface area contributed by atoms with Crippen LogP contribution in [-0.4, -0.2) is 28.9 Å². The van der Waals surface area contributed by atoms with Gasteiger partial charge in [-0.2, -0.15) is 4.98 Å². The zero-order chi connectivity index (χ0) is 22.8. The van der Waals surface area contributed by atoms with Crippen LogP contribution >= 0.6 is 0 Å². The molecule has 9 nitrogen and oxygen atoms in total. The molecular formula is C23H23N5O4. The average molecular weight is 433 g/mol. The van der Waals surface area contributed by atoms with Gasteiger partial charge in [-0.05, 0) is 43.2 Å². The smallest absolute Gasteiger partial charge is 0.258 e. The van der Waals surface area contributed by atoms with E-state index in [4.69, 9.17) is 4.74 Å². The first kappa shape index (κ1) is 21.1. The second kappa shape index (κ2) is 8.54. The van der Waals surface area contributed by atoms with E-state index < -0.39 is 17.4 Å². The minimum absolute atomic E-state index is 0.0588. The van der Waals surface area contributed by atoms with Crippen LogP contribution in [0, 0.1) is 13.8 Å². The SMILES string of the molecule is COc1ccccc1Nc1nc2c(c(=O)[nH]1)[C@H](C(=O)Nc1cc(C)ccc1C)CC(=O)N2. The molecule has 3 aromatic rings. The Labute approximate surface area is 184 Å². The fourth-order valence-electron chi connectivity index (χ4n) is 3.62. The standard InChI is InChI=1S/C23H23N5O4/c1-12-8-9-13(2)16(10-12)24-21(30)14-11-18(29)26-20-19(14)22(31)28-23(27-20)25-15-6-4-5-7-17(15)32-3/h4-10,14H,11H2,1-3H3,(H,24,30)(H3,25,26,27,28,29,31)/t14-/m1/s1. The van der Waals surface area contributed by atoms with Crippen LogP contribution in [0.4, 0.5) is 23.1 Å². The normalized spacial score (nSPS) is 14.8. The maximum absolute atomic E-state index is 13.0. The Morgan fingerprint density at radius 2 is 1.91 bits per heavy atom. The van der Waals surface area contributed by atoms with Crippen LogP contribution in [0.25, 0.3) is 0 Å². The molecule has 0 radical (unpaired) electrons. The second-order valence-corrected chi connectivity index (χ2v) is 7.61. The Kier molecular flexibility index (Phi) is 5.63. The van der Waals surface area contributed by atoms with Crippen LogP contribution in [0.2, 0.25) is 0 Å². The fourth-order valence-corrected chi connectivity index (χ4v) is 3.62. The molecular weight excluding hydrogens is 410 g/mol. The van der Waals surface area contributed by atoms with Gasteiger partial charge in [0.05, 0.1) is 24.3 Å². The van der Waals surface area contributed by atoms with E-state index in [0.717, 1.165) is 11.1 Å². The minimum atomic E-state index is -0.963. The third kappa shape index (κ3) is 4.18. The van der Waals surface area contributed by atoms with Crippen LogP contribution in [0.5, 0.6) is 5.75 Å². The molecule has 2 amide bonds. The maximum Gasteiger partial charge on any atom is 0.258 e. The lowest BCUT2D eigenvalue weighted by molar-refractivity contribution is -0.123. The van der Waals surface area contributed by atoms with E-state index in [9.17, 15) is 14.4 Å². The van der Waals surface area contributed by atoms with Gasteiger partial charge in [-0.1, -0.05) is 24.3 Å². The first-order valence-corrected chi connectivity index (χ1v) is 10.1. The number of nitrogens with one attached hydrogen (secondary N) is 4. The van der Waals surface area contributed by atoms with Gasteiger partial charge in [0.25, 0.3) is 5.56 Å². The summed E-state index contributed by atoms with van der Waals surface area (Å²) in [5.74, 6) is -1.05. The lowest BCUT2D eigenvalue weighted by Gasteiger charge is -2.24. The molecule has 2 heterocycles. The molecule has 0 saturated carbocycles. The van der Waals surface area contributed by atoms with Gasteiger partial charge >= 0.3 is 0 Å². The van der Waals surface area contributed by atoms with Gasteiger partial charge in [0, 0.05) is 12.1 Å². The Balaban J connectivity index is 1.66. The molecule has 32 heavy (non-hydrogen) atoms. The number of para-hydroxylation sites is 2. The quantitative estimate of drug-likeness (QED) is 0.490. The number of carbonyl (C=O) groups excluding carboxylic acids is 2. The third-order valence-electron chi connectivity index (χ3n) is 5.28. The van der Waals surface area contributed by atoms with E-state index in [-0.39, 0.29) is 29.7 Å². The van der Waals surface area contributed by atoms with Crippen molar-refractivity contribution in [3.63, 3.8) is 0 Å². The Morgan fingerprint density at radius 3 is 2.69 bits per heavy atom. The number of hydrogen-bond acceptors (Lipinski definition) is 6. The van der Waals surface area contributed by atoms with E-state index >= 15 is 0 Å². The van der Waals surface area contributed by atoms with Crippen molar-refractivity contribution in [2.45, 2.75) is 26.2 Å². The minimum Gasteiger partial charge on any atom is -0.495 e. The van der Waals surface area contributed by atoms with Crippen molar-refractivity contribution in [2.24, 2.45) is 0 Å². The van der Waals surface area contributed by atoms with Gasteiger partial charge in [0.2, 0.25) is 17.8 Å². The Bertz CT molecular complexity index is 1270. The first-order chi connectivity index (χ1) is 15.4. The Hall–Kier alpha value is -4.14. The summed E-state index contributed by atoms with van der Waals surface area (Å²) >= 11 is 0. The van der Waals surface area contributed by atoms with Gasteiger partial charge in [-0.3, -0.25) is 19.4 Å². The van der Waals surface area contributed by atoms with Gasteiger partial charge in [-0.25, -0.2) is 0 Å². The van der Waals surface area contributed by atoms with Gasteiger partial charge in [0.1, 0.15) is 11.6 Å². The molecule has 2 aromatic carbocycles. The lowest BCUT2D eigenvalue weighted by atomic mass is 9.92. The average Bonchev–Trinajstić information content (AvgIpc) is 2.75. The van der Waals surface area contributed by atoms with E-state index in [1.807, 2.05) is 38.1 Å². The monoisotopic (exact) mass is 433 g/mol. The molecule has 1 aromatic heterocycles. The number of H-pyrrole nitrogens is 1. The molecule has 9 heteroatoms. The molecule has 1 atom stereocenters. The fraction of sp³-hybridized carbons (Fsp3) is 0.217. The first-order valence-electron chi connectivity index (χ1n) is 10.1. The molecule has 0 unspecified atom stereocenters. The summed E-state index contributed by atoms with van der Waals surface area (Å²) in [7, 11) is 1.53. The zero-order valence-electron chi connectivity index (χ0n) is 17.9. The lowest BCUT2D eigenvalue weighted by Crippen LogP contribution is -2.36. The topological polar surface area (TPSA) is 125 Å². The molecule has 164 valence electrons. The van der Waals surface area contributed by atoms with Crippen LogP contribution < -0.4 is 26.2 Å². The number of hydrogen-bond donors (Lipinski definition) is 4. The van der Waals surface area contributed by atoms with Crippen LogP contribution in [0.15, 0.2) is 47.3 Å². The number of aryl methyl sites for hydroxylation is 2. The summed E-state index contributed by atoms with van der Waals surface area (Å²) in [6, 6.07) is 12.8. The summed E-state index contributed by atoms with van der Waals surface area (Å²) in [5, 5.41) is 8.43. The third-order valence-corrected chi connectivity index (χ3v) is 5.28. The van der Waals surface area contributed by atoms with Gasteiger partial charge < -0.3 is 20.7 Å². The molecule has 0 fully saturated rings. The molecule has 1 aliphatic rings. The Morgan fingerprint density at radius 1 is 1.12 bits per heavy atom. The molecule has 0 aliphatic carbocycles. The predicted octanol–water partition coefficient (Wildman–Crippen LogP) is 3.20. The number of fused-ring (bicyclic) bond motifs is 1. The van der Waals surface area contributed by atoms with Crippen molar-refractivity contribution in [1.29, 1.82) is 0 Å². The number of aromatic amines is 1. The highest BCUT2D eigenvalue weighted by Crippen LogP contribution is 2.31. The number of aromatic nitrogens is 2. The molecule has 4 rings (SSSR count). The van der Waals surface area contributed by atoms with Gasteiger partial charge in [-0.15, -0.1) is 0 Å².